The first kappa shape index (κ1) is 18.1. The summed E-state index contributed by atoms with van der Waals surface area (Å²) in [4.78, 5) is 19.2. The van der Waals surface area contributed by atoms with Gasteiger partial charge in [-0.25, -0.2) is 9.97 Å². The van der Waals surface area contributed by atoms with Crippen molar-refractivity contribution in [1.82, 2.24) is 9.97 Å². The van der Waals surface area contributed by atoms with Gasteiger partial charge in [-0.2, -0.15) is 0 Å². The van der Waals surface area contributed by atoms with Crippen molar-refractivity contribution in [3.63, 3.8) is 0 Å². The Kier molecular flexibility index (Phi) is 5.46. The summed E-state index contributed by atoms with van der Waals surface area (Å²) in [6, 6.07) is 14.6. The molecule has 0 saturated carbocycles. The Morgan fingerprint density at radius 3 is 2.30 bits per heavy atom. The molecule has 27 heavy (non-hydrogen) atoms. The molecule has 8 nitrogen and oxygen atoms in total. The van der Waals surface area contributed by atoms with Gasteiger partial charge < -0.3 is 15.4 Å². The molecule has 0 spiro atoms. The van der Waals surface area contributed by atoms with Gasteiger partial charge in [0, 0.05) is 11.4 Å². The minimum Gasteiger partial charge on any atom is -0.494 e. The lowest BCUT2D eigenvalue weighted by atomic mass is 10.2. The molecule has 0 amide bonds. The largest absolute Gasteiger partial charge is 0.494 e. The van der Waals surface area contributed by atoms with E-state index in [-0.39, 0.29) is 17.3 Å². The number of hydrogen-bond donors (Lipinski definition) is 2. The second-order valence-corrected chi connectivity index (χ2v) is 5.75. The fourth-order valence-corrected chi connectivity index (χ4v) is 2.53. The molecule has 138 valence electrons. The Balaban J connectivity index is 1.90. The van der Waals surface area contributed by atoms with Crippen LogP contribution >= 0.6 is 0 Å². The molecule has 0 atom stereocenters. The van der Waals surface area contributed by atoms with Gasteiger partial charge in [0.15, 0.2) is 0 Å². The Morgan fingerprint density at radius 1 is 1.04 bits per heavy atom. The predicted octanol–water partition coefficient (Wildman–Crippen LogP) is 4.58. The fraction of sp³-hybridized carbons (Fsp3) is 0.158. The number of aromatic nitrogens is 2. The maximum Gasteiger partial charge on any atom is 0.353 e. The van der Waals surface area contributed by atoms with Gasteiger partial charge in [-0.15, -0.1) is 0 Å². The average molecular weight is 365 g/mol. The topological polar surface area (TPSA) is 102 Å². The van der Waals surface area contributed by atoms with Crippen molar-refractivity contribution in [3.05, 3.63) is 70.5 Å². The van der Waals surface area contributed by atoms with Crippen LogP contribution in [0.15, 0.2) is 54.9 Å². The molecular formula is C19H19N5O3. The lowest BCUT2D eigenvalue weighted by Crippen LogP contribution is -2.05. The molecule has 2 N–H and O–H groups in total. The van der Waals surface area contributed by atoms with Crippen molar-refractivity contribution < 1.29 is 9.66 Å². The summed E-state index contributed by atoms with van der Waals surface area (Å²) in [5.41, 5.74) is 2.17. The number of benzene rings is 2. The van der Waals surface area contributed by atoms with Crippen LogP contribution in [0.5, 0.6) is 5.75 Å². The van der Waals surface area contributed by atoms with Crippen LogP contribution in [-0.4, -0.2) is 21.5 Å². The first-order chi connectivity index (χ1) is 13.1. The zero-order valence-electron chi connectivity index (χ0n) is 15.0. The van der Waals surface area contributed by atoms with E-state index in [9.17, 15) is 10.1 Å². The number of nitrogens with zero attached hydrogens (tertiary/aromatic N) is 3. The van der Waals surface area contributed by atoms with Crippen molar-refractivity contribution in [2.24, 2.45) is 0 Å². The quantitative estimate of drug-likeness (QED) is 0.467. The zero-order valence-corrected chi connectivity index (χ0v) is 15.0. The maximum atomic E-state index is 11.7. The molecule has 3 rings (SSSR count). The Labute approximate surface area is 156 Å². The maximum absolute atomic E-state index is 11.7. The lowest BCUT2D eigenvalue weighted by molar-refractivity contribution is -0.383. The molecule has 3 aromatic rings. The summed E-state index contributed by atoms with van der Waals surface area (Å²) < 4.78 is 5.40. The van der Waals surface area contributed by atoms with Crippen molar-refractivity contribution >= 4 is 28.7 Å². The van der Waals surface area contributed by atoms with Crippen LogP contribution in [0.4, 0.5) is 28.7 Å². The number of ether oxygens (including phenoxy) is 1. The van der Waals surface area contributed by atoms with Crippen LogP contribution in [0.2, 0.25) is 0 Å². The monoisotopic (exact) mass is 365 g/mol. The highest BCUT2D eigenvalue weighted by Crippen LogP contribution is 2.33. The molecule has 1 aromatic heterocycles. The van der Waals surface area contributed by atoms with Crippen LogP contribution in [0.3, 0.4) is 0 Å². The van der Waals surface area contributed by atoms with E-state index in [0.717, 1.165) is 11.3 Å². The van der Waals surface area contributed by atoms with Gasteiger partial charge in [0.2, 0.25) is 11.6 Å². The summed E-state index contributed by atoms with van der Waals surface area (Å²) in [5, 5.41) is 17.6. The van der Waals surface area contributed by atoms with Crippen molar-refractivity contribution in [1.29, 1.82) is 0 Å². The number of aryl methyl sites for hydroxylation is 1. The number of nitro groups is 1. The first-order valence-corrected chi connectivity index (χ1v) is 8.40. The second-order valence-electron chi connectivity index (χ2n) is 5.75. The molecule has 0 radical (unpaired) electrons. The third-order valence-corrected chi connectivity index (χ3v) is 3.71. The third kappa shape index (κ3) is 4.49. The smallest absolute Gasteiger partial charge is 0.353 e. The van der Waals surface area contributed by atoms with Crippen molar-refractivity contribution in [3.8, 4) is 5.75 Å². The Bertz CT molecular complexity index is 944. The fourth-order valence-electron chi connectivity index (χ4n) is 2.53. The summed E-state index contributed by atoms with van der Waals surface area (Å²) >= 11 is 0. The molecule has 1 heterocycles. The van der Waals surface area contributed by atoms with E-state index >= 15 is 0 Å². The van der Waals surface area contributed by atoms with E-state index in [0.29, 0.717) is 18.0 Å². The average Bonchev–Trinajstić information content (AvgIpc) is 2.63. The summed E-state index contributed by atoms with van der Waals surface area (Å²) in [7, 11) is 0. The second kappa shape index (κ2) is 8.13. The van der Waals surface area contributed by atoms with Crippen LogP contribution in [0.1, 0.15) is 12.5 Å². The minimum atomic E-state index is -0.505. The van der Waals surface area contributed by atoms with E-state index in [2.05, 4.69) is 20.6 Å². The number of hydrogen-bond acceptors (Lipinski definition) is 7. The molecule has 0 bridgehead atoms. The van der Waals surface area contributed by atoms with E-state index in [4.69, 9.17) is 4.74 Å². The number of anilines is 4. The molecule has 0 aliphatic rings. The number of rotatable bonds is 7. The first-order valence-electron chi connectivity index (χ1n) is 8.40. The van der Waals surface area contributed by atoms with E-state index in [1.54, 1.807) is 24.3 Å². The highest BCUT2D eigenvalue weighted by atomic mass is 16.6. The minimum absolute atomic E-state index is 0.106. The standard InChI is InChI=1S/C19H19N5O3/c1-3-27-16-9-7-14(8-10-16)22-18-17(24(25)26)19(21-12-20-18)23-15-6-4-5-13(2)11-15/h4-12H,3H2,1-2H3,(H2,20,21,22,23). The van der Waals surface area contributed by atoms with Crippen molar-refractivity contribution in [2.75, 3.05) is 17.2 Å². The normalized spacial score (nSPS) is 10.3. The van der Waals surface area contributed by atoms with Gasteiger partial charge in [0.05, 0.1) is 11.5 Å². The molecule has 0 aliphatic heterocycles. The molecule has 0 aliphatic carbocycles. The van der Waals surface area contributed by atoms with E-state index in [1.165, 1.54) is 6.33 Å². The summed E-state index contributed by atoms with van der Waals surface area (Å²) in [6.45, 7) is 4.41. The van der Waals surface area contributed by atoms with E-state index in [1.807, 2.05) is 38.1 Å². The van der Waals surface area contributed by atoms with Gasteiger partial charge >= 0.3 is 5.69 Å². The molecule has 8 heteroatoms. The van der Waals surface area contributed by atoms with Gasteiger partial charge in [-0.3, -0.25) is 10.1 Å². The molecular weight excluding hydrogens is 346 g/mol. The third-order valence-electron chi connectivity index (χ3n) is 3.71. The Morgan fingerprint density at radius 2 is 1.70 bits per heavy atom. The highest BCUT2D eigenvalue weighted by Gasteiger charge is 2.23. The van der Waals surface area contributed by atoms with Crippen LogP contribution < -0.4 is 15.4 Å². The van der Waals surface area contributed by atoms with Gasteiger partial charge in [0.25, 0.3) is 0 Å². The molecule has 2 aromatic carbocycles. The Hall–Kier alpha value is -3.68. The summed E-state index contributed by atoms with van der Waals surface area (Å²) in [5.74, 6) is 0.949. The summed E-state index contributed by atoms with van der Waals surface area (Å²) in [6.07, 6.45) is 1.28. The van der Waals surface area contributed by atoms with Crippen LogP contribution in [-0.2, 0) is 0 Å². The highest BCUT2D eigenvalue weighted by molar-refractivity contribution is 5.76. The van der Waals surface area contributed by atoms with Gasteiger partial charge in [-0.05, 0) is 55.8 Å². The number of nitrogens with one attached hydrogen (secondary N) is 2. The van der Waals surface area contributed by atoms with Gasteiger partial charge in [-0.1, -0.05) is 12.1 Å². The SMILES string of the molecule is CCOc1ccc(Nc2ncnc(Nc3cccc(C)c3)c2[N+](=O)[O-])cc1. The van der Waals surface area contributed by atoms with Crippen LogP contribution in [0, 0.1) is 17.0 Å². The van der Waals surface area contributed by atoms with Gasteiger partial charge in [0.1, 0.15) is 12.1 Å². The molecule has 0 unspecified atom stereocenters. The van der Waals surface area contributed by atoms with Crippen LogP contribution in [0.25, 0.3) is 0 Å². The van der Waals surface area contributed by atoms with Crippen molar-refractivity contribution in [2.45, 2.75) is 13.8 Å². The predicted molar refractivity (Wildman–Crippen MR) is 104 cm³/mol. The lowest BCUT2D eigenvalue weighted by Gasteiger charge is -2.11. The molecule has 0 saturated heterocycles. The van der Waals surface area contributed by atoms with E-state index < -0.39 is 4.92 Å². The molecule has 0 fully saturated rings. The zero-order chi connectivity index (χ0) is 19.2.